The first kappa shape index (κ1) is 11.5. The van der Waals surface area contributed by atoms with E-state index >= 15 is 0 Å². The van der Waals surface area contributed by atoms with Crippen LogP contribution in [0.2, 0.25) is 10.0 Å². The van der Waals surface area contributed by atoms with Crippen LogP contribution < -0.4 is 5.73 Å². The van der Waals surface area contributed by atoms with Gasteiger partial charge in [0.2, 0.25) is 0 Å². The second-order valence-electron chi connectivity index (χ2n) is 3.38. The summed E-state index contributed by atoms with van der Waals surface area (Å²) < 4.78 is 1.85. The van der Waals surface area contributed by atoms with E-state index in [9.17, 15) is 0 Å². The number of rotatable bonds is 3. The van der Waals surface area contributed by atoms with Gasteiger partial charge in [0.25, 0.3) is 0 Å². The van der Waals surface area contributed by atoms with Crippen LogP contribution in [-0.4, -0.2) is 16.1 Å². The third kappa shape index (κ3) is 2.21. The molecule has 0 aliphatic rings. The highest BCUT2D eigenvalue weighted by atomic mass is 35.5. The lowest BCUT2D eigenvalue weighted by atomic mass is 10.3. The molecule has 0 spiro atoms. The first-order valence-electron chi connectivity index (χ1n) is 4.89. The van der Waals surface area contributed by atoms with Crippen molar-refractivity contribution in [3.63, 3.8) is 0 Å². The molecule has 0 bridgehead atoms. The summed E-state index contributed by atoms with van der Waals surface area (Å²) in [6.45, 7) is 0.584. The van der Waals surface area contributed by atoms with E-state index in [2.05, 4.69) is 4.98 Å². The summed E-state index contributed by atoms with van der Waals surface area (Å²) in [5.74, 6) is 0. The van der Waals surface area contributed by atoms with Gasteiger partial charge in [-0.3, -0.25) is 0 Å². The lowest BCUT2D eigenvalue weighted by Gasteiger charge is -2.05. The molecule has 0 saturated heterocycles. The second kappa shape index (κ2) is 4.87. The molecule has 0 fully saturated rings. The van der Waals surface area contributed by atoms with Crippen LogP contribution in [0.4, 0.5) is 0 Å². The van der Waals surface area contributed by atoms with Gasteiger partial charge in [0.1, 0.15) is 0 Å². The molecule has 0 radical (unpaired) electrons. The third-order valence-corrected chi connectivity index (χ3v) is 3.05. The Morgan fingerprint density at radius 3 is 2.88 bits per heavy atom. The molecule has 16 heavy (non-hydrogen) atoms. The van der Waals surface area contributed by atoms with Crippen LogP contribution in [0.1, 0.15) is 5.69 Å². The van der Waals surface area contributed by atoms with Gasteiger partial charge in [0.15, 0.2) is 0 Å². The summed E-state index contributed by atoms with van der Waals surface area (Å²) in [5.41, 5.74) is 7.23. The van der Waals surface area contributed by atoms with Gasteiger partial charge in [-0.15, -0.1) is 0 Å². The number of benzene rings is 1. The zero-order valence-electron chi connectivity index (χ0n) is 8.53. The van der Waals surface area contributed by atoms with Crippen molar-refractivity contribution in [3.8, 4) is 5.69 Å². The molecule has 84 valence electrons. The van der Waals surface area contributed by atoms with Gasteiger partial charge in [-0.2, -0.15) is 0 Å². The van der Waals surface area contributed by atoms with E-state index in [0.29, 0.717) is 16.6 Å². The number of nitrogens with zero attached hydrogens (tertiary/aromatic N) is 2. The Kier molecular flexibility index (Phi) is 3.49. The zero-order chi connectivity index (χ0) is 11.5. The van der Waals surface area contributed by atoms with Gasteiger partial charge < -0.3 is 10.3 Å². The average molecular weight is 256 g/mol. The van der Waals surface area contributed by atoms with Gasteiger partial charge in [-0.05, 0) is 18.7 Å². The van der Waals surface area contributed by atoms with Gasteiger partial charge in [0.05, 0.1) is 27.8 Å². The summed E-state index contributed by atoms with van der Waals surface area (Å²) in [4.78, 5) is 4.23. The molecule has 3 nitrogen and oxygen atoms in total. The topological polar surface area (TPSA) is 43.8 Å². The van der Waals surface area contributed by atoms with Crippen LogP contribution in [0.5, 0.6) is 0 Å². The van der Waals surface area contributed by atoms with Gasteiger partial charge in [0, 0.05) is 12.6 Å². The molecular weight excluding hydrogens is 245 g/mol. The van der Waals surface area contributed by atoms with E-state index in [1.165, 1.54) is 0 Å². The van der Waals surface area contributed by atoms with Crippen LogP contribution in [0.3, 0.4) is 0 Å². The maximum atomic E-state index is 6.11. The molecule has 1 aromatic carbocycles. The Bertz CT molecular complexity index is 494. The molecule has 2 N–H and O–H groups in total. The van der Waals surface area contributed by atoms with Crippen molar-refractivity contribution in [2.45, 2.75) is 6.42 Å². The molecule has 2 rings (SSSR count). The first-order chi connectivity index (χ1) is 7.72. The Morgan fingerprint density at radius 1 is 1.31 bits per heavy atom. The van der Waals surface area contributed by atoms with E-state index in [1.54, 1.807) is 12.4 Å². The molecule has 1 aromatic heterocycles. The number of halogens is 2. The fourth-order valence-electron chi connectivity index (χ4n) is 1.46. The molecule has 0 atom stereocenters. The maximum Gasteiger partial charge on any atom is 0.0995 e. The van der Waals surface area contributed by atoms with Crippen molar-refractivity contribution >= 4 is 23.2 Å². The monoisotopic (exact) mass is 255 g/mol. The fourth-order valence-corrected chi connectivity index (χ4v) is 1.86. The zero-order valence-corrected chi connectivity index (χ0v) is 10.0. The third-order valence-electron chi connectivity index (χ3n) is 2.25. The highest BCUT2D eigenvalue weighted by Gasteiger charge is 2.07. The van der Waals surface area contributed by atoms with E-state index in [4.69, 9.17) is 28.9 Å². The predicted molar refractivity (Wildman–Crippen MR) is 66.3 cm³/mol. The second-order valence-corrected chi connectivity index (χ2v) is 4.17. The van der Waals surface area contributed by atoms with E-state index in [1.807, 2.05) is 22.9 Å². The summed E-state index contributed by atoms with van der Waals surface area (Å²) in [6, 6.07) is 5.50. The SMILES string of the molecule is NCCc1cn(-c2cccc(Cl)c2Cl)cn1. The Balaban J connectivity index is 2.39. The Hall–Kier alpha value is -1.03. The van der Waals surface area contributed by atoms with Crippen LogP contribution >= 0.6 is 23.2 Å². The Morgan fingerprint density at radius 2 is 2.12 bits per heavy atom. The molecule has 2 aromatic rings. The molecule has 5 heteroatoms. The van der Waals surface area contributed by atoms with Gasteiger partial charge in [-0.25, -0.2) is 4.98 Å². The molecule has 0 aliphatic carbocycles. The molecule has 0 saturated carbocycles. The average Bonchev–Trinajstić information content (AvgIpc) is 2.71. The largest absolute Gasteiger partial charge is 0.330 e. The van der Waals surface area contributed by atoms with E-state index < -0.39 is 0 Å². The standard InChI is InChI=1S/C11H11Cl2N3/c12-9-2-1-3-10(11(9)13)16-6-8(4-5-14)15-7-16/h1-3,6-7H,4-5,14H2. The van der Waals surface area contributed by atoms with Crippen LogP contribution in [0.15, 0.2) is 30.7 Å². The molecule has 0 aliphatic heterocycles. The van der Waals surface area contributed by atoms with Crippen molar-refractivity contribution < 1.29 is 0 Å². The van der Waals surface area contributed by atoms with Crippen LogP contribution in [0.25, 0.3) is 5.69 Å². The minimum atomic E-state index is 0.529. The number of imidazole rings is 1. The highest BCUT2D eigenvalue weighted by molar-refractivity contribution is 6.43. The Labute approximate surface area is 104 Å². The number of hydrogen-bond donors (Lipinski definition) is 1. The number of aromatic nitrogens is 2. The number of nitrogens with two attached hydrogens (primary N) is 1. The summed E-state index contributed by atoms with van der Waals surface area (Å²) in [5, 5.41) is 1.06. The molecule has 0 amide bonds. The van der Waals surface area contributed by atoms with Crippen LogP contribution in [-0.2, 0) is 6.42 Å². The molecule has 1 heterocycles. The smallest absolute Gasteiger partial charge is 0.0995 e. The minimum absolute atomic E-state index is 0.529. The van der Waals surface area contributed by atoms with Crippen molar-refractivity contribution in [2.24, 2.45) is 5.73 Å². The lowest BCUT2D eigenvalue weighted by molar-refractivity contribution is 0.934. The lowest BCUT2D eigenvalue weighted by Crippen LogP contribution is -2.02. The first-order valence-corrected chi connectivity index (χ1v) is 5.65. The summed E-state index contributed by atoms with van der Waals surface area (Å²) in [6.07, 6.45) is 4.37. The van der Waals surface area contributed by atoms with Crippen molar-refractivity contribution in [1.82, 2.24) is 9.55 Å². The highest BCUT2D eigenvalue weighted by Crippen LogP contribution is 2.28. The van der Waals surface area contributed by atoms with Crippen LogP contribution in [0, 0.1) is 0 Å². The fraction of sp³-hybridized carbons (Fsp3) is 0.182. The van der Waals surface area contributed by atoms with Gasteiger partial charge in [-0.1, -0.05) is 29.3 Å². The van der Waals surface area contributed by atoms with E-state index in [0.717, 1.165) is 17.8 Å². The molecule has 0 unspecified atom stereocenters. The van der Waals surface area contributed by atoms with Crippen molar-refractivity contribution in [2.75, 3.05) is 6.54 Å². The predicted octanol–water partition coefficient (Wildman–Crippen LogP) is 2.68. The number of hydrogen-bond acceptors (Lipinski definition) is 2. The van der Waals surface area contributed by atoms with Crippen molar-refractivity contribution in [3.05, 3.63) is 46.5 Å². The van der Waals surface area contributed by atoms with Gasteiger partial charge >= 0.3 is 0 Å². The summed E-state index contributed by atoms with van der Waals surface area (Å²) >= 11 is 12.1. The maximum absolute atomic E-state index is 6.11. The summed E-state index contributed by atoms with van der Waals surface area (Å²) in [7, 11) is 0. The normalized spacial score (nSPS) is 10.7. The minimum Gasteiger partial charge on any atom is -0.330 e. The van der Waals surface area contributed by atoms with E-state index in [-0.39, 0.29) is 0 Å². The van der Waals surface area contributed by atoms with Crippen molar-refractivity contribution in [1.29, 1.82) is 0 Å². The molecular formula is C11H11Cl2N3. The quantitative estimate of drug-likeness (QED) is 0.917.